The summed E-state index contributed by atoms with van der Waals surface area (Å²) in [6, 6.07) is 23.1. The van der Waals surface area contributed by atoms with E-state index >= 15 is 0 Å². The van der Waals surface area contributed by atoms with Gasteiger partial charge in [0.1, 0.15) is 5.82 Å². The van der Waals surface area contributed by atoms with Crippen molar-refractivity contribution in [3.8, 4) is 5.69 Å². The molecule has 0 aliphatic carbocycles. The zero-order valence-corrected chi connectivity index (χ0v) is 19.1. The van der Waals surface area contributed by atoms with Crippen molar-refractivity contribution < 1.29 is 9.18 Å². The molecule has 168 valence electrons. The summed E-state index contributed by atoms with van der Waals surface area (Å²) in [4.78, 5) is 12.5. The van der Waals surface area contributed by atoms with E-state index in [2.05, 4.69) is 33.0 Å². The molecule has 6 nitrogen and oxygen atoms in total. The Bertz CT molecular complexity index is 1230. The number of nitrogens with zero attached hydrogens (tertiary/aromatic N) is 3. The van der Waals surface area contributed by atoms with Crippen molar-refractivity contribution in [2.45, 2.75) is 30.8 Å². The molecule has 33 heavy (non-hydrogen) atoms. The molecule has 2 N–H and O–H groups in total. The molecule has 0 saturated heterocycles. The largest absolute Gasteiger partial charge is 0.328 e. The average molecular weight is 462 g/mol. The second-order valence-corrected chi connectivity index (χ2v) is 8.56. The lowest BCUT2D eigenvalue weighted by atomic mass is 10.2. The fourth-order valence-electron chi connectivity index (χ4n) is 3.31. The third-order valence-electron chi connectivity index (χ3n) is 4.98. The van der Waals surface area contributed by atoms with Crippen molar-refractivity contribution in [3.05, 3.63) is 102 Å². The first kappa shape index (κ1) is 22.5. The van der Waals surface area contributed by atoms with Crippen LogP contribution in [0, 0.1) is 12.7 Å². The highest BCUT2D eigenvalue weighted by atomic mass is 32.2. The van der Waals surface area contributed by atoms with Gasteiger partial charge < -0.3 is 10.6 Å². The Kier molecular flexibility index (Phi) is 7.04. The minimum atomic E-state index is -0.454. The van der Waals surface area contributed by atoms with E-state index in [9.17, 15) is 9.18 Å². The van der Waals surface area contributed by atoms with Crippen molar-refractivity contribution in [2.24, 2.45) is 0 Å². The lowest BCUT2D eigenvalue weighted by Gasteiger charge is -2.17. The van der Waals surface area contributed by atoms with Gasteiger partial charge in [-0.15, -0.1) is 10.2 Å². The van der Waals surface area contributed by atoms with Crippen molar-refractivity contribution in [1.29, 1.82) is 0 Å². The maximum Gasteiger partial charge on any atom is 0.319 e. The Balaban J connectivity index is 1.56. The number of rotatable bonds is 7. The molecule has 8 heteroatoms. The monoisotopic (exact) mass is 461 g/mol. The molecular formula is C25H24FN5OS. The lowest BCUT2D eigenvalue weighted by molar-refractivity contribution is 0.249. The summed E-state index contributed by atoms with van der Waals surface area (Å²) in [5, 5.41) is 15.1. The molecule has 1 aromatic heterocycles. The van der Waals surface area contributed by atoms with Crippen LogP contribution in [0.15, 0.2) is 84.0 Å². The fourth-order valence-corrected chi connectivity index (χ4v) is 4.22. The average Bonchev–Trinajstić information content (AvgIpc) is 3.23. The van der Waals surface area contributed by atoms with Crippen LogP contribution in [0.1, 0.15) is 29.9 Å². The third kappa shape index (κ3) is 5.78. The Morgan fingerprint density at radius 1 is 1.03 bits per heavy atom. The van der Waals surface area contributed by atoms with Gasteiger partial charge in [-0.25, -0.2) is 9.18 Å². The van der Waals surface area contributed by atoms with Gasteiger partial charge in [0.05, 0.1) is 6.04 Å². The van der Waals surface area contributed by atoms with Crippen LogP contribution in [0.5, 0.6) is 0 Å². The van der Waals surface area contributed by atoms with Crippen LogP contribution in [0.2, 0.25) is 0 Å². The zero-order valence-electron chi connectivity index (χ0n) is 18.3. The highest BCUT2D eigenvalue weighted by Gasteiger charge is 2.21. The van der Waals surface area contributed by atoms with Gasteiger partial charge in [0, 0.05) is 17.1 Å². The number of aromatic nitrogens is 3. The van der Waals surface area contributed by atoms with E-state index in [1.54, 1.807) is 23.9 Å². The topological polar surface area (TPSA) is 71.8 Å². The fraction of sp³-hybridized carbons (Fsp3) is 0.160. The summed E-state index contributed by atoms with van der Waals surface area (Å²) >= 11 is 1.58. The predicted octanol–water partition coefficient (Wildman–Crippen LogP) is 5.89. The summed E-state index contributed by atoms with van der Waals surface area (Å²) in [6.07, 6.45) is 0. The Morgan fingerprint density at radius 2 is 1.79 bits per heavy atom. The molecule has 1 unspecified atom stereocenters. The summed E-state index contributed by atoms with van der Waals surface area (Å²) in [5.74, 6) is 0.927. The molecule has 2 amide bonds. The first-order chi connectivity index (χ1) is 16.0. The smallest absolute Gasteiger partial charge is 0.319 e. The van der Waals surface area contributed by atoms with Crippen LogP contribution in [0.25, 0.3) is 5.69 Å². The molecular weight excluding hydrogens is 437 g/mol. The minimum absolute atomic E-state index is 0.374. The van der Waals surface area contributed by atoms with Gasteiger partial charge >= 0.3 is 6.03 Å². The van der Waals surface area contributed by atoms with Crippen molar-refractivity contribution >= 4 is 23.5 Å². The van der Waals surface area contributed by atoms with Crippen molar-refractivity contribution in [2.75, 3.05) is 5.32 Å². The van der Waals surface area contributed by atoms with Gasteiger partial charge in [-0.3, -0.25) is 4.57 Å². The zero-order chi connectivity index (χ0) is 23.2. The minimum Gasteiger partial charge on any atom is -0.328 e. The molecule has 0 aliphatic heterocycles. The van der Waals surface area contributed by atoms with Crippen molar-refractivity contribution in [3.63, 3.8) is 0 Å². The lowest BCUT2D eigenvalue weighted by Crippen LogP contribution is -2.32. The molecule has 0 aliphatic rings. The number of anilines is 1. The summed E-state index contributed by atoms with van der Waals surface area (Å²) in [7, 11) is 0. The maximum absolute atomic E-state index is 13.4. The van der Waals surface area contributed by atoms with Gasteiger partial charge in [-0.05, 0) is 49.7 Å². The number of hydrogen-bond donors (Lipinski definition) is 2. The van der Waals surface area contributed by atoms with E-state index in [1.807, 2.05) is 60.9 Å². The first-order valence-electron chi connectivity index (χ1n) is 10.5. The first-order valence-corrected chi connectivity index (χ1v) is 11.5. The second kappa shape index (κ2) is 10.3. The SMILES string of the molecule is Cc1ccc(-n2c(SCc3ccccc3)nnc2C(C)NC(=O)Nc2cccc(F)c2)cc1. The quantitative estimate of drug-likeness (QED) is 0.337. The number of carbonyl (C=O) groups is 1. The number of thioether (sulfide) groups is 1. The van der Waals surface area contributed by atoms with E-state index in [0.29, 0.717) is 11.5 Å². The van der Waals surface area contributed by atoms with Gasteiger partial charge in [-0.1, -0.05) is 65.9 Å². The third-order valence-corrected chi connectivity index (χ3v) is 5.98. The Labute approximate surface area is 196 Å². The molecule has 3 aromatic carbocycles. The normalized spacial score (nSPS) is 11.7. The number of carbonyl (C=O) groups excluding carboxylic acids is 1. The number of amides is 2. The second-order valence-electron chi connectivity index (χ2n) is 7.62. The highest BCUT2D eigenvalue weighted by Crippen LogP contribution is 2.27. The number of hydrogen-bond acceptors (Lipinski definition) is 4. The number of benzene rings is 3. The predicted molar refractivity (Wildman–Crippen MR) is 129 cm³/mol. The standard InChI is InChI=1S/C25H24FN5OS/c1-17-11-13-22(14-12-17)31-23(29-30-25(31)33-16-19-7-4-3-5-8-19)18(2)27-24(32)28-21-10-6-9-20(26)15-21/h3-15,18H,16H2,1-2H3,(H2,27,28,32). The molecule has 1 atom stereocenters. The molecule has 4 rings (SSSR count). The van der Waals surface area contributed by atoms with Crippen LogP contribution < -0.4 is 10.6 Å². The Hall–Kier alpha value is -3.65. The van der Waals surface area contributed by atoms with Crippen LogP contribution in [-0.2, 0) is 5.75 Å². The molecule has 1 heterocycles. The Morgan fingerprint density at radius 3 is 2.52 bits per heavy atom. The van der Waals surface area contributed by atoms with E-state index in [4.69, 9.17) is 0 Å². The van der Waals surface area contributed by atoms with Gasteiger partial charge in [-0.2, -0.15) is 0 Å². The summed E-state index contributed by atoms with van der Waals surface area (Å²) in [5.41, 5.74) is 3.62. The number of aryl methyl sites for hydroxylation is 1. The summed E-state index contributed by atoms with van der Waals surface area (Å²) < 4.78 is 15.4. The molecule has 0 bridgehead atoms. The molecule has 0 fully saturated rings. The maximum atomic E-state index is 13.4. The molecule has 0 spiro atoms. The van der Waals surface area contributed by atoms with Crippen LogP contribution in [0.3, 0.4) is 0 Å². The van der Waals surface area contributed by atoms with Gasteiger partial charge in [0.2, 0.25) is 0 Å². The number of halogens is 1. The van der Waals surface area contributed by atoms with E-state index in [1.165, 1.54) is 17.7 Å². The molecule has 0 radical (unpaired) electrons. The van der Waals surface area contributed by atoms with Crippen molar-refractivity contribution in [1.82, 2.24) is 20.1 Å². The summed E-state index contributed by atoms with van der Waals surface area (Å²) in [6.45, 7) is 3.87. The van der Waals surface area contributed by atoms with Gasteiger partial charge in [0.15, 0.2) is 11.0 Å². The van der Waals surface area contributed by atoms with Crippen LogP contribution >= 0.6 is 11.8 Å². The van der Waals surface area contributed by atoms with Crippen LogP contribution in [-0.4, -0.2) is 20.8 Å². The van der Waals surface area contributed by atoms with Gasteiger partial charge in [0.25, 0.3) is 0 Å². The highest BCUT2D eigenvalue weighted by molar-refractivity contribution is 7.98. The van der Waals surface area contributed by atoms with E-state index in [-0.39, 0.29) is 0 Å². The van der Waals surface area contributed by atoms with E-state index < -0.39 is 17.9 Å². The molecule has 0 saturated carbocycles. The number of urea groups is 1. The number of nitrogens with one attached hydrogen (secondary N) is 2. The van der Waals surface area contributed by atoms with E-state index in [0.717, 1.165) is 22.2 Å². The molecule has 4 aromatic rings. The van der Waals surface area contributed by atoms with Crippen LogP contribution in [0.4, 0.5) is 14.9 Å².